The third-order valence-electron chi connectivity index (χ3n) is 4.72. The predicted molar refractivity (Wildman–Crippen MR) is 93.1 cm³/mol. The first-order valence-electron chi connectivity index (χ1n) is 7.77. The highest BCUT2D eigenvalue weighted by atomic mass is 35.5. The van der Waals surface area contributed by atoms with Crippen LogP contribution in [0.2, 0.25) is 0 Å². The summed E-state index contributed by atoms with van der Waals surface area (Å²) in [5.74, 6) is 0.709. The summed E-state index contributed by atoms with van der Waals surface area (Å²) in [4.78, 5) is 16.6. The zero-order valence-corrected chi connectivity index (χ0v) is 14.6. The summed E-state index contributed by atoms with van der Waals surface area (Å²) in [5.41, 5.74) is 6.92. The first-order valence-corrected chi connectivity index (χ1v) is 7.77. The molecule has 5 heteroatoms. The van der Waals surface area contributed by atoms with Gasteiger partial charge < -0.3 is 10.6 Å². The van der Waals surface area contributed by atoms with Crippen molar-refractivity contribution in [2.24, 2.45) is 11.7 Å². The lowest BCUT2D eigenvalue weighted by atomic mass is 10.1. The number of rotatable bonds is 5. The van der Waals surface area contributed by atoms with Crippen LogP contribution in [-0.2, 0) is 4.79 Å². The van der Waals surface area contributed by atoms with E-state index in [0.29, 0.717) is 25.0 Å². The number of nitrogens with zero attached hydrogens (tertiary/aromatic N) is 2. The minimum absolute atomic E-state index is 0. The van der Waals surface area contributed by atoms with Gasteiger partial charge >= 0.3 is 0 Å². The van der Waals surface area contributed by atoms with Gasteiger partial charge in [0.25, 0.3) is 0 Å². The van der Waals surface area contributed by atoms with Crippen LogP contribution in [0.15, 0.2) is 30.3 Å². The van der Waals surface area contributed by atoms with E-state index in [4.69, 9.17) is 5.73 Å². The van der Waals surface area contributed by atoms with Gasteiger partial charge in [0.05, 0.1) is 12.6 Å². The number of hydrogen-bond acceptors (Lipinski definition) is 3. The molecule has 124 valence electrons. The Bertz CT molecular complexity index is 468. The molecule has 3 atom stereocenters. The van der Waals surface area contributed by atoms with Gasteiger partial charge in [-0.3, -0.25) is 9.69 Å². The molecule has 4 nitrogen and oxygen atoms in total. The third-order valence-corrected chi connectivity index (χ3v) is 4.72. The van der Waals surface area contributed by atoms with Gasteiger partial charge in [0.1, 0.15) is 0 Å². The van der Waals surface area contributed by atoms with Gasteiger partial charge in [0, 0.05) is 19.6 Å². The number of likely N-dealkylation sites (N-methyl/N-ethyl adjacent to an activating group) is 1. The molecule has 0 aliphatic carbocycles. The predicted octanol–water partition coefficient (Wildman–Crippen LogP) is 2.30. The van der Waals surface area contributed by atoms with Crippen molar-refractivity contribution in [3.8, 4) is 0 Å². The van der Waals surface area contributed by atoms with E-state index in [1.54, 1.807) is 0 Å². The van der Waals surface area contributed by atoms with Crippen LogP contribution >= 0.6 is 12.4 Å². The molecule has 0 saturated carbocycles. The number of halogens is 1. The summed E-state index contributed by atoms with van der Waals surface area (Å²) < 4.78 is 0. The Kier molecular flexibility index (Phi) is 7.33. The van der Waals surface area contributed by atoms with E-state index in [1.807, 2.05) is 30.1 Å². The van der Waals surface area contributed by atoms with Crippen molar-refractivity contribution in [2.45, 2.75) is 32.4 Å². The second-order valence-electron chi connectivity index (χ2n) is 6.21. The highest BCUT2D eigenvalue weighted by molar-refractivity contribution is 5.85. The number of carbonyl (C=O) groups excluding carboxylic acids is 1. The summed E-state index contributed by atoms with van der Waals surface area (Å²) >= 11 is 0. The van der Waals surface area contributed by atoms with Crippen LogP contribution in [0, 0.1) is 5.92 Å². The van der Waals surface area contributed by atoms with E-state index in [2.05, 4.69) is 30.9 Å². The highest BCUT2D eigenvalue weighted by Gasteiger charge is 2.30. The van der Waals surface area contributed by atoms with Crippen LogP contribution in [-0.4, -0.2) is 48.4 Å². The van der Waals surface area contributed by atoms with Crippen LogP contribution in [0.5, 0.6) is 0 Å². The number of carbonyl (C=O) groups is 1. The molecule has 1 fully saturated rings. The Hall–Kier alpha value is -1.10. The number of hydrogen-bond donors (Lipinski definition) is 1. The average Bonchev–Trinajstić information content (AvgIpc) is 2.86. The van der Waals surface area contributed by atoms with Crippen molar-refractivity contribution in [3.05, 3.63) is 35.9 Å². The van der Waals surface area contributed by atoms with Crippen LogP contribution in [0.3, 0.4) is 0 Å². The smallest absolute Gasteiger partial charge is 0.237 e. The van der Waals surface area contributed by atoms with E-state index >= 15 is 0 Å². The maximum atomic E-state index is 12.5. The second-order valence-corrected chi connectivity index (χ2v) is 6.21. The van der Waals surface area contributed by atoms with Crippen molar-refractivity contribution in [3.63, 3.8) is 0 Å². The topological polar surface area (TPSA) is 49.6 Å². The largest absolute Gasteiger partial charge is 0.338 e. The third kappa shape index (κ3) is 4.45. The molecule has 22 heavy (non-hydrogen) atoms. The highest BCUT2D eigenvalue weighted by Crippen LogP contribution is 2.23. The molecule has 3 unspecified atom stereocenters. The Labute approximate surface area is 140 Å². The first-order chi connectivity index (χ1) is 10.0. The molecule has 1 saturated heterocycles. The molecule has 1 heterocycles. The first kappa shape index (κ1) is 18.9. The summed E-state index contributed by atoms with van der Waals surface area (Å²) in [6.45, 7) is 6.40. The lowest BCUT2D eigenvalue weighted by Crippen LogP contribution is -2.41. The van der Waals surface area contributed by atoms with Crippen LogP contribution in [0.4, 0.5) is 0 Å². The lowest BCUT2D eigenvalue weighted by molar-refractivity contribution is -0.133. The van der Waals surface area contributed by atoms with Crippen molar-refractivity contribution in [1.29, 1.82) is 0 Å². The zero-order valence-electron chi connectivity index (χ0n) is 13.7. The van der Waals surface area contributed by atoms with Crippen molar-refractivity contribution >= 4 is 18.3 Å². The van der Waals surface area contributed by atoms with Gasteiger partial charge in [-0.15, -0.1) is 12.4 Å². The van der Waals surface area contributed by atoms with E-state index in [0.717, 1.165) is 13.0 Å². The summed E-state index contributed by atoms with van der Waals surface area (Å²) in [7, 11) is 1.89. The Morgan fingerprint density at radius 3 is 2.59 bits per heavy atom. The van der Waals surface area contributed by atoms with Crippen LogP contribution in [0.1, 0.15) is 31.9 Å². The number of likely N-dealkylation sites (tertiary alicyclic amines) is 1. The van der Waals surface area contributed by atoms with E-state index in [9.17, 15) is 4.79 Å². The maximum absolute atomic E-state index is 12.5. The fourth-order valence-corrected chi connectivity index (χ4v) is 3.07. The molecular formula is C17H28ClN3O. The molecular weight excluding hydrogens is 298 g/mol. The second kappa shape index (κ2) is 8.51. The maximum Gasteiger partial charge on any atom is 0.237 e. The fourth-order valence-electron chi connectivity index (χ4n) is 3.07. The molecule has 0 radical (unpaired) electrons. The molecule has 1 aliphatic heterocycles. The molecule has 2 N–H and O–H groups in total. The lowest BCUT2D eigenvalue weighted by Gasteiger charge is -2.29. The number of amides is 1. The van der Waals surface area contributed by atoms with Crippen molar-refractivity contribution in [1.82, 2.24) is 9.80 Å². The van der Waals surface area contributed by atoms with E-state index in [1.165, 1.54) is 5.56 Å². The molecule has 2 rings (SSSR count). The van der Waals surface area contributed by atoms with Crippen LogP contribution < -0.4 is 5.73 Å². The molecule has 0 bridgehead atoms. The molecule has 0 aromatic heterocycles. The van der Waals surface area contributed by atoms with E-state index in [-0.39, 0.29) is 24.4 Å². The minimum atomic E-state index is 0. The summed E-state index contributed by atoms with van der Waals surface area (Å²) in [5, 5.41) is 0. The molecule has 1 aromatic carbocycles. The van der Waals surface area contributed by atoms with Gasteiger partial charge in [0.2, 0.25) is 5.91 Å². The average molecular weight is 326 g/mol. The summed E-state index contributed by atoms with van der Waals surface area (Å²) in [6, 6.07) is 10.7. The normalized spacial score (nSPS) is 22.9. The summed E-state index contributed by atoms with van der Waals surface area (Å²) in [6.07, 6.45) is 1.10. The quantitative estimate of drug-likeness (QED) is 0.903. The van der Waals surface area contributed by atoms with Gasteiger partial charge in [-0.2, -0.15) is 0 Å². The molecule has 1 amide bonds. The monoisotopic (exact) mass is 325 g/mol. The Balaban J connectivity index is 0.00000242. The van der Waals surface area contributed by atoms with Crippen molar-refractivity contribution < 1.29 is 4.79 Å². The van der Waals surface area contributed by atoms with Crippen molar-refractivity contribution in [2.75, 3.05) is 26.7 Å². The van der Waals surface area contributed by atoms with E-state index < -0.39 is 0 Å². The SMILES string of the molecule is CC1CC(CN)CN1CC(=O)N(C)C(C)c1ccccc1.Cl. The Morgan fingerprint density at radius 2 is 2.05 bits per heavy atom. The fraction of sp³-hybridized carbons (Fsp3) is 0.588. The molecule has 1 aromatic rings. The minimum Gasteiger partial charge on any atom is -0.338 e. The standard InChI is InChI=1S/C17H27N3O.ClH/c1-13-9-15(10-18)11-20(13)12-17(21)19(3)14(2)16-7-5-4-6-8-16;/h4-8,13-15H,9-12,18H2,1-3H3;1H. The van der Waals surface area contributed by atoms with Gasteiger partial charge in [-0.25, -0.2) is 0 Å². The zero-order chi connectivity index (χ0) is 15.4. The van der Waals surface area contributed by atoms with Gasteiger partial charge in [-0.1, -0.05) is 30.3 Å². The number of benzene rings is 1. The van der Waals surface area contributed by atoms with Crippen LogP contribution in [0.25, 0.3) is 0 Å². The Morgan fingerprint density at radius 1 is 1.41 bits per heavy atom. The molecule has 0 spiro atoms. The van der Waals surface area contributed by atoms with Gasteiger partial charge in [0.15, 0.2) is 0 Å². The van der Waals surface area contributed by atoms with Gasteiger partial charge in [-0.05, 0) is 38.3 Å². The molecule has 1 aliphatic rings. The number of nitrogens with two attached hydrogens (primary N) is 1.